The molecule has 0 bridgehead atoms. The fraction of sp³-hybridized carbons (Fsp3) is 1.00. The van der Waals surface area contributed by atoms with Crippen molar-refractivity contribution in [3.05, 3.63) is 0 Å². The van der Waals surface area contributed by atoms with E-state index in [-0.39, 0.29) is 0 Å². The minimum atomic E-state index is 0.358. The first kappa shape index (κ1) is 13.0. The van der Waals surface area contributed by atoms with Crippen LogP contribution in [0.25, 0.3) is 0 Å². The summed E-state index contributed by atoms with van der Waals surface area (Å²) in [6.07, 6.45) is 3.83. The van der Waals surface area contributed by atoms with E-state index in [0.29, 0.717) is 17.4 Å². The zero-order valence-corrected chi connectivity index (χ0v) is 10.9. The lowest BCUT2D eigenvalue weighted by Crippen LogP contribution is -2.45. The summed E-state index contributed by atoms with van der Waals surface area (Å²) in [5, 5.41) is 0. The molecule has 90 valence electrons. The second-order valence-electron chi connectivity index (χ2n) is 6.01. The van der Waals surface area contributed by atoms with E-state index in [1.807, 2.05) is 0 Å². The van der Waals surface area contributed by atoms with Gasteiger partial charge in [0.25, 0.3) is 0 Å². The van der Waals surface area contributed by atoms with Gasteiger partial charge in [-0.05, 0) is 37.3 Å². The molecular weight excluding hydrogens is 184 g/mol. The summed E-state index contributed by atoms with van der Waals surface area (Å²) in [5.74, 6) is 0.653. The summed E-state index contributed by atoms with van der Waals surface area (Å²) in [7, 11) is 0. The van der Waals surface area contributed by atoms with Crippen molar-refractivity contribution >= 4 is 0 Å². The maximum absolute atomic E-state index is 6.18. The van der Waals surface area contributed by atoms with Gasteiger partial charge in [0.2, 0.25) is 0 Å². The Bertz CT molecular complexity index is 179. The van der Waals surface area contributed by atoms with Crippen LogP contribution in [-0.2, 0) is 0 Å². The monoisotopic (exact) mass is 212 g/mol. The van der Waals surface area contributed by atoms with Gasteiger partial charge in [-0.25, -0.2) is 0 Å². The fourth-order valence-corrected chi connectivity index (χ4v) is 2.12. The predicted octanol–water partition coefficient (Wildman–Crippen LogP) is 2.48. The van der Waals surface area contributed by atoms with Crippen LogP contribution in [0.4, 0.5) is 0 Å². The Morgan fingerprint density at radius 1 is 1.27 bits per heavy atom. The van der Waals surface area contributed by atoms with Gasteiger partial charge in [0, 0.05) is 12.6 Å². The molecule has 1 heterocycles. The summed E-state index contributed by atoms with van der Waals surface area (Å²) >= 11 is 0. The van der Waals surface area contributed by atoms with E-state index in [0.717, 1.165) is 6.54 Å². The van der Waals surface area contributed by atoms with Gasteiger partial charge in [-0.15, -0.1) is 0 Å². The van der Waals surface area contributed by atoms with E-state index >= 15 is 0 Å². The van der Waals surface area contributed by atoms with Crippen LogP contribution in [0.1, 0.15) is 47.0 Å². The Balaban J connectivity index is 2.29. The van der Waals surface area contributed by atoms with Crippen LogP contribution < -0.4 is 5.73 Å². The second-order valence-corrected chi connectivity index (χ2v) is 6.01. The fourth-order valence-electron chi connectivity index (χ4n) is 2.12. The molecule has 2 N–H and O–H groups in total. The lowest BCUT2D eigenvalue weighted by atomic mass is 9.82. The number of hydrogen-bond acceptors (Lipinski definition) is 2. The molecule has 2 unspecified atom stereocenters. The smallest absolute Gasteiger partial charge is 0.0193 e. The molecule has 0 aliphatic carbocycles. The zero-order chi connectivity index (χ0) is 11.5. The third-order valence-corrected chi connectivity index (χ3v) is 4.05. The third kappa shape index (κ3) is 4.12. The maximum atomic E-state index is 6.18. The summed E-state index contributed by atoms with van der Waals surface area (Å²) in [4.78, 5) is 2.54. The number of nitrogens with two attached hydrogens (primary N) is 1. The SMILES string of the molecule is CCC(C)C(N)CN1CCC(C)(C)CC1. The summed E-state index contributed by atoms with van der Waals surface area (Å²) < 4.78 is 0. The minimum Gasteiger partial charge on any atom is -0.326 e. The number of likely N-dealkylation sites (tertiary alicyclic amines) is 1. The third-order valence-electron chi connectivity index (χ3n) is 4.05. The van der Waals surface area contributed by atoms with Gasteiger partial charge in [0.15, 0.2) is 0 Å². The van der Waals surface area contributed by atoms with E-state index in [2.05, 4.69) is 32.6 Å². The highest BCUT2D eigenvalue weighted by molar-refractivity contribution is 4.81. The molecule has 15 heavy (non-hydrogen) atoms. The van der Waals surface area contributed by atoms with Crippen molar-refractivity contribution in [2.24, 2.45) is 17.1 Å². The van der Waals surface area contributed by atoms with Crippen molar-refractivity contribution in [2.75, 3.05) is 19.6 Å². The van der Waals surface area contributed by atoms with Gasteiger partial charge in [0.1, 0.15) is 0 Å². The van der Waals surface area contributed by atoms with E-state index in [1.54, 1.807) is 0 Å². The molecule has 0 spiro atoms. The van der Waals surface area contributed by atoms with Crippen molar-refractivity contribution < 1.29 is 0 Å². The minimum absolute atomic E-state index is 0.358. The Hall–Kier alpha value is -0.0800. The van der Waals surface area contributed by atoms with Crippen LogP contribution in [0.15, 0.2) is 0 Å². The standard InChI is InChI=1S/C13H28N2/c1-5-11(2)12(14)10-15-8-6-13(3,4)7-9-15/h11-12H,5-10,14H2,1-4H3. The van der Waals surface area contributed by atoms with Gasteiger partial charge < -0.3 is 10.6 Å². The summed E-state index contributed by atoms with van der Waals surface area (Å²) in [6.45, 7) is 12.8. The Labute approximate surface area is 95.2 Å². The molecule has 2 nitrogen and oxygen atoms in total. The van der Waals surface area contributed by atoms with E-state index in [4.69, 9.17) is 5.73 Å². The highest BCUT2D eigenvalue weighted by atomic mass is 15.1. The molecule has 1 aliphatic heterocycles. The van der Waals surface area contributed by atoms with Crippen molar-refractivity contribution in [1.29, 1.82) is 0 Å². The molecular formula is C13H28N2. The largest absolute Gasteiger partial charge is 0.326 e. The normalized spacial score (nSPS) is 26.2. The van der Waals surface area contributed by atoms with Crippen molar-refractivity contribution in [3.63, 3.8) is 0 Å². The van der Waals surface area contributed by atoms with Crippen molar-refractivity contribution in [2.45, 2.75) is 53.0 Å². The van der Waals surface area contributed by atoms with Gasteiger partial charge in [-0.1, -0.05) is 34.1 Å². The van der Waals surface area contributed by atoms with Crippen LogP contribution in [-0.4, -0.2) is 30.6 Å². The molecule has 0 saturated carbocycles. The number of hydrogen-bond donors (Lipinski definition) is 1. The summed E-state index contributed by atoms with van der Waals surface area (Å²) in [6, 6.07) is 0.358. The van der Waals surface area contributed by atoms with Gasteiger partial charge in [-0.3, -0.25) is 0 Å². The van der Waals surface area contributed by atoms with Crippen LogP contribution in [0.3, 0.4) is 0 Å². The molecule has 1 fully saturated rings. The average molecular weight is 212 g/mol. The maximum Gasteiger partial charge on any atom is 0.0193 e. The quantitative estimate of drug-likeness (QED) is 0.776. The number of rotatable bonds is 4. The average Bonchev–Trinajstić information content (AvgIpc) is 2.20. The number of nitrogens with zero attached hydrogens (tertiary/aromatic N) is 1. The highest BCUT2D eigenvalue weighted by Gasteiger charge is 2.26. The molecule has 0 aromatic heterocycles. The Morgan fingerprint density at radius 3 is 2.27 bits per heavy atom. The topological polar surface area (TPSA) is 29.3 Å². The lowest BCUT2D eigenvalue weighted by molar-refractivity contribution is 0.120. The molecule has 1 aliphatic rings. The van der Waals surface area contributed by atoms with Gasteiger partial charge >= 0.3 is 0 Å². The first-order chi connectivity index (χ1) is 6.94. The first-order valence-electron chi connectivity index (χ1n) is 6.42. The van der Waals surface area contributed by atoms with Crippen LogP contribution in [0.5, 0.6) is 0 Å². The second kappa shape index (κ2) is 5.31. The molecule has 0 aromatic carbocycles. The molecule has 0 radical (unpaired) electrons. The summed E-state index contributed by atoms with van der Waals surface area (Å²) in [5.41, 5.74) is 6.74. The predicted molar refractivity (Wildman–Crippen MR) is 66.9 cm³/mol. The molecule has 2 atom stereocenters. The van der Waals surface area contributed by atoms with Gasteiger partial charge in [-0.2, -0.15) is 0 Å². The molecule has 0 aromatic rings. The van der Waals surface area contributed by atoms with Gasteiger partial charge in [0.05, 0.1) is 0 Å². The Morgan fingerprint density at radius 2 is 1.80 bits per heavy atom. The molecule has 1 rings (SSSR count). The first-order valence-corrected chi connectivity index (χ1v) is 6.42. The van der Waals surface area contributed by atoms with Crippen molar-refractivity contribution in [1.82, 2.24) is 4.90 Å². The van der Waals surface area contributed by atoms with E-state index in [1.165, 1.54) is 32.4 Å². The van der Waals surface area contributed by atoms with Crippen LogP contribution in [0, 0.1) is 11.3 Å². The van der Waals surface area contributed by atoms with Crippen molar-refractivity contribution in [3.8, 4) is 0 Å². The van der Waals surface area contributed by atoms with Crippen LogP contribution >= 0.6 is 0 Å². The Kier molecular flexibility index (Phi) is 4.60. The lowest BCUT2D eigenvalue weighted by Gasteiger charge is -2.38. The van der Waals surface area contributed by atoms with E-state index < -0.39 is 0 Å². The number of piperidine rings is 1. The zero-order valence-electron chi connectivity index (χ0n) is 10.9. The van der Waals surface area contributed by atoms with Crippen LogP contribution in [0.2, 0.25) is 0 Å². The molecule has 0 amide bonds. The molecule has 1 saturated heterocycles. The molecule has 2 heteroatoms. The highest BCUT2D eigenvalue weighted by Crippen LogP contribution is 2.29. The van der Waals surface area contributed by atoms with E-state index in [9.17, 15) is 0 Å².